The van der Waals surface area contributed by atoms with Gasteiger partial charge in [0.25, 0.3) is 5.91 Å². The molecule has 176 valence electrons. The van der Waals surface area contributed by atoms with Crippen molar-refractivity contribution in [3.8, 4) is 11.5 Å². The fourth-order valence-corrected chi connectivity index (χ4v) is 3.50. The Morgan fingerprint density at radius 2 is 1.97 bits per heavy atom. The van der Waals surface area contributed by atoms with E-state index in [-0.39, 0.29) is 30.8 Å². The Balaban J connectivity index is 1.60. The Kier molecular flexibility index (Phi) is 8.83. The van der Waals surface area contributed by atoms with Gasteiger partial charge in [-0.25, -0.2) is 0 Å². The average molecular weight is 455 g/mol. The van der Waals surface area contributed by atoms with Crippen LogP contribution in [0.4, 0.5) is 5.69 Å². The third-order valence-corrected chi connectivity index (χ3v) is 5.31. The number of Topliss-reactive ketones (excluding diaryl/α,β-unsaturated/α-hetero) is 1. The van der Waals surface area contributed by atoms with Crippen LogP contribution in [-0.4, -0.2) is 57.6 Å². The first-order valence-corrected chi connectivity index (χ1v) is 11.0. The molecule has 8 nitrogen and oxygen atoms in total. The molecule has 0 bridgehead atoms. The number of ketones is 1. The lowest BCUT2D eigenvalue weighted by Crippen LogP contribution is -2.40. The first-order valence-electron chi connectivity index (χ1n) is 11.0. The van der Waals surface area contributed by atoms with E-state index in [0.29, 0.717) is 55.3 Å². The molecule has 0 saturated heterocycles. The van der Waals surface area contributed by atoms with Crippen molar-refractivity contribution in [1.29, 1.82) is 0 Å². The Labute approximate surface area is 193 Å². The second-order valence-corrected chi connectivity index (χ2v) is 7.79. The molecule has 2 aromatic carbocycles. The van der Waals surface area contributed by atoms with Gasteiger partial charge >= 0.3 is 0 Å². The van der Waals surface area contributed by atoms with E-state index in [1.54, 1.807) is 30.2 Å². The van der Waals surface area contributed by atoms with Crippen molar-refractivity contribution in [2.45, 2.75) is 26.2 Å². The first kappa shape index (κ1) is 24.3. The van der Waals surface area contributed by atoms with Gasteiger partial charge in [0.2, 0.25) is 5.91 Å². The van der Waals surface area contributed by atoms with Gasteiger partial charge < -0.3 is 24.4 Å². The van der Waals surface area contributed by atoms with E-state index < -0.39 is 0 Å². The quantitative estimate of drug-likeness (QED) is 0.392. The monoisotopic (exact) mass is 454 g/mol. The molecule has 0 aromatic heterocycles. The van der Waals surface area contributed by atoms with E-state index >= 15 is 0 Å². The highest BCUT2D eigenvalue weighted by Gasteiger charge is 2.26. The molecule has 0 unspecified atom stereocenters. The summed E-state index contributed by atoms with van der Waals surface area (Å²) in [5.74, 6) is 0.724. The lowest BCUT2D eigenvalue weighted by atomic mass is 10.1. The number of para-hydroxylation sites is 1. The molecule has 2 aromatic rings. The summed E-state index contributed by atoms with van der Waals surface area (Å²) in [6.07, 6.45) is 1.55. The van der Waals surface area contributed by atoms with Crippen molar-refractivity contribution >= 4 is 23.3 Å². The number of nitrogens with one attached hydrogen (secondary N) is 1. The summed E-state index contributed by atoms with van der Waals surface area (Å²) in [5, 5.41) is 2.84. The summed E-state index contributed by atoms with van der Waals surface area (Å²) < 4.78 is 16.2. The van der Waals surface area contributed by atoms with Crippen LogP contribution in [0.5, 0.6) is 11.5 Å². The van der Waals surface area contributed by atoms with E-state index in [4.69, 9.17) is 14.2 Å². The van der Waals surface area contributed by atoms with Crippen LogP contribution in [0.15, 0.2) is 42.5 Å². The molecule has 1 aliphatic rings. The van der Waals surface area contributed by atoms with Crippen molar-refractivity contribution in [2.75, 3.05) is 44.9 Å². The van der Waals surface area contributed by atoms with Crippen molar-refractivity contribution in [3.05, 3.63) is 53.6 Å². The Morgan fingerprint density at radius 3 is 2.76 bits per heavy atom. The fourth-order valence-electron chi connectivity index (χ4n) is 3.50. The molecule has 33 heavy (non-hydrogen) atoms. The topological polar surface area (TPSA) is 94.2 Å². The van der Waals surface area contributed by atoms with Gasteiger partial charge in [-0.05, 0) is 49.6 Å². The number of hydrogen-bond acceptors (Lipinski definition) is 6. The van der Waals surface area contributed by atoms with Gasteiger partial charge in [-0.1, -0.05) is 18.2 Å². The lowest BCUT2D eigenvalue weighted by Gasteiger charge is -2.29. The maximum Gasteiger partial charge on any atom is 0.265 e. The number of hydrogen-bond donors (Lipinski definition) is 1. The zero-order valence-electron chi connectivity index (χ0n) is 19.1. The lowest BCUT2D eigenvalue weighted by molar-refractivity contribution is -0.122. The Hall–Kier alpha value is -3.39. The molecule has 1 heterocycles. The SMILES string of the molecule is COCCCNC(=O)CCCN1C(=O)COc2ccc(C(=O)COc3ccccc3C)cc21. The van der Waals surface area contributed by atoms with Gasteiger partial charge in [0.1, 0.15) is 11.5 Å². The maximum absolute atomic E-state index is 12.7. The summed E-state index contributed by atoms with van der Waals surface area (Å²) in [5.41, 5.74) is 1.92. The first-order chi connectivity index (χ1) is 16.0. The predicted octanol–water partition coefficient (Wildman–Crippen LogP) is 2.92. The van der Waals surface area contributed by atoms with Crippen LogP contribution in [0.25, 0.3) is 0 Å². The summed E-state index contributed by atoms with van der Waals surface area (Å²) in [6, 6.07) is 12.5. The molecule has 8 heteroatoms. The minimum absolute atomic E-state index is 0.0654. The number of ether oxygens (including phenoxy) is 3. The Morgan fingerprint density at radius 1 is 1.15 bits per heavy atom. The predicted molar refractivity (Wildman–Crippen MR) is 124 cm³/mol. The third-order valence-electron chi connectivity index (χ3n) is 5.31. The van der Waals surface area contributed by atoms with E-state index in [0.717, 1.165) is 12.0 Å². The zero-order valence-corrected chi connectivity index (χ0v) is 19.1. The number of fused-ring (bicyclic) bond motifs is 1. The van der Waals surface area contributed by atoms with Crippen LogP contribution >= 0.6 is 0 Å². The number of carbonyl (C=O) groups is 3. The largest absolute Gasteiger partial charge is 0.485 e. The zero-order chi connectivity index (χ0) is 23.6. The number of anilines is 1. The number of amides is 2. The van der Waals surface area contributed by atoms with Crippen molar-refractivity contribution in [3.63, 3.8) is 0 Å². The third kappa shape index (κ3) is 6.79. The fraction of sp³-hybridized carbons (Fsp3) is 0.400. The highest BCUT2D eigenvalue weighted by molar-refractivity contribution is 6.02. The number of methoxy groups -OCH3 is 1. The Bertz CT molecular complexity index is 991. The normalized spacial score (nSPS) is 12.7. The molecule has 0 fully saturated rings. The molecule has 3 rings (SSSR count). The highest BCUT2D eigenvalue weighted by Crippen LogP contribution is 2.33. The van der Waals surface area contributed by atoms with E-state index in [9.17, 15) is 14.4 Å². The average Bonchev–Trinajstić information content (AvgIpc) is 2.82. The molecular formula is C25H30N2O6. The number of nitrogens with zero attached hydrogens (tertiary/aromatic N) is 1. The number of carbonyl (C=O) groups excluding carboxylic acids is 3. The molecule has 0 saturated carbocycles. The molecule has 0 atom stereocenters. The smallest absolute Gasteiger partial charge is 0.265 e. The molecule has 1 aliphatic heterocycles. The second kappa shape index (κ2) is 12.0. The van der Waals surface area contributed by atoms with Crippen LogP contribution in [0, 0.1) is 6.92 Å². The van der Waals surface area contributed by atoms with Crippen molar-refractivity contribution < 1.29 is 28.6 Å². The van der Waals surface area contributed by atoms with Gasteiger partial charge in [-0.15, -0.1) is 0 Å². The number of rotatable bonds is 12. The van der Waals surface area contributed by atoms with Crippen molar-refractivity contribution in [1.82, 2.24) is 5.32 Å². The standard InChI is InChI=1S/C25H30N2O6/c1-18-7-3-4-8-22(18)32-16-21(28)19-10-11-23-20(15-19)27(25(30)17-33-23)13-5-9-24(29)26-12-6-14-31-2/h3-4,7-8,10-11,15H,5-6,9,12-14,16-17H2,1-2H3,(H,26,29). The molecular weight excluding hydrogens is 424 g/mol. The summed E-state index contributed by atoms with van der Waals surface area (Å²) in [4.78, 5) is 38.8. The van der Waals surface area contributed by atoms with Gasteiger partial charge in [0.05, 0.1) is 5.69 Å². The maximum atomic E-state index is 12.7. The van der Waals surface area contributed by atoms with Crippen LogP contribution < -0.4 is 19.7 Å². The number of benzene rings is 2. The van der Waals surface area contributed by atoms with Gasteiger partial charge in [0.15, 0.2) is 19.0 Å². The number of aryl methyl sites for hydroxylation is 1. The van der Waals surface area contributed by atoms with E-state index in [1.165, 1.54) is 0 Å². The molecule has 2 amide bonds. The molecule has 0 radical (unpaired) electrons. The van der Waals surface area contributed by atoms with Gasteiger partial charge in [0, 0.05) is 38.8 Å². The van der Waals surface area contributed by atoms with E-state index in [1.807, 2.05) is 31.2 Å². The molecule has 0 spiro atoms. The highest BCUT2D eigenvalue weighted by atomic mass is 16.5. The minimum Gasteiger partial charge on any atom is -0.485 e. The summed E-state index contributed by atoms with van der Waals surface area (Å²) in [7, 11) is 1.62. The van der Waals surface area contributed by atoms with Crippen LogP contribution in [0.1, 0.15) is 35.2 Å². The van der Waals surface area contributed by atoms with E-state index in [2.05, 4.69) is 5.32 Å². The van der Waals surface area contributed by atoms with Gasteiger partial charge in [-0.3, -0.25) is 14.4 Å². The molecule has 0 aliphatic carbocycles. The van der Waals surface area contributed by atoms with Crippen molar-refractivity contribution in [2.24, 2.45) is 0 Å². The second-order valence-electron chi connectivity index (χ2n) is 7.79. The van der Waals surface area contributed by atoms with Crippen LogP contribution in [0.3, 0.4) is 0 Å². The molecule has 1 N–H and O–H groups in total. The van der Waals surface area contributed by atoms with Gasteiger partial charge in [-0.2, -0.15) is 0 Å². The summed E-state index contributed by atoms with van der Waals surface area (Å²) in [6.45, 7) is 3.25. The minimum atomic E-state index is -0.205. The summed E-state index contributed by atoms with van der Waals surface area (Å²) >= 11 is 0. The van der Waals surface area contributed by atoms with Crippen LogP contribution in [0.2, 0.25) is 0 Å². The van der Waals surface area contributed by atoms with Crippen LogP contribution in [-0.2, 0) is 14.3 Å².